The highest BCUT2D eigenvalue weighted by molar-refractivity contribution is 7.99. The summed E-state index contributed by atoms with van der Waals surface area (Å²) in [5, 5.41) is 5.29. The van der Waals surface area contributed by atoms with Gasteiger partial charge in [-0.15, -0.1) is 11.3 Å². The zero-order valence-corrected chi connectivity index (χ0v) is 12.8. The second-order valence-electron chi connectivity index (χ2n) is 3.96. The van der Waals surface area contributed by atoms with Gasteiger partial charge in [0, 0.05) is 42.5 Å². The van der Waals surface area contributed by atoms with Gasteiger partial charge >= 0.3 is 0 Å². The van der Waals surface area contributed by atoms with E-state index in [1.165, 1.54) is 4.88 Å². The molecule has 0 radical (unpaired) electrons. The van der Waals surface area contributed by atoms with Crippen LogP contribution >= 0.6 is 23.1 Å². The van der Waals surface area contributed by atoms with Crippen molar-refractivity contribution in [2.24, 2.45) is 0 Å². The van der Waals surface area contributed by atoms with Crippen LogP contribution < -0.4 is 10.2 Å². The molecule has 1 atom stereocenters. The minimum absolute atomic E-state index is 0.671. The molecule has 1 rings (SSSR count). The quantitative estimate of drug-likeness (QED) is 0.788. The van der Waals surface area contributed by atoms with E-state index >= 15 is 0 Å². The molecule has 0 bridgehead atoms. The number of thioether (sulfide) groups is 1. The summed E-state index contributed by atoms with van der Waals surface area (Å²) in [6.45, 7) is 10.6. The molecule has 0 aromatic carbocycles. The van der Waals surface area contributed by atoms with Gasteiger partial charge in [-0.2, -0.15) is 11.8 Å². The van der Waals surface area contributed by atoms with E-state index in [1.807, 2.05) is 18.0 Å². The SMILES string of the molecule is CCN(CC)c1ncc(CNCC(C)SC)s1. The Morgan fingerprint density at radius 3 is 2.76 bits per heavy atom. The molecule has 98 valence electrons. The zero-order valence-electron chi connectivity index (χ0n) is 11.2. The van der Waals surface area contributed by atoms with E-state index in [2.05, 4.69) is 42.2 Å². The molecule has 17 heavy (non-hydrogen) atoms. The summed E-state index contributed by atoms with van der Waals surface area (Å²) >= 11 is 3.69. The van der Waals surface area contributed by atoms with E-state index in [1.54, 1.807) is 11.3 Å². The Kier molecular flexibility index (Phi) is 6.92. The lowest BCUT2D eigenvalue weighted by Crippen LogP contribution is -2.21. The molecule has 3 nitrogen and oxygen atoms in total. The fourth-order valence-corrected chi connectivity index (χ4v) is 2.79. The fourth-order valence-electron chi connectivity index (χ4n) is 1.50. The summed E-state index contributed by atoms with van der Waals surface area (Å²) in [4.78, 5) is 8.09. The van der Waals surface area contributed by atoms with Crippen molar-refractivity contribution in [2.45, 2.75) is 32.6 Å². The van der Waals surface area contributed by atoms with Crippen LogP contribution in [0.5, 0.6) is 0 Å². The van der Waals surface area contributed by atoms with Gasteiger partial charge in [0.05, 0.1) is 0 Å². The summed E-state index contributed by atoms with van der Waals surface area (Å²) in [6.07, 6.45) is 4.15. The molecular weight excluding hydrogens is 250 g/mol. The van der Waals surface area contributed by atoms with Crippen molar-refractivity contribution in [3.63, 3.8) is 0 Å². The number of anilines is 1. The first-order valence-corrected chi connectivity index (χ1v) is 8.24. The van der Waals surface area contributed by atoms with E-state index in [-0.39, 0.29) is 0 Å². The molecular formula is C12H23N3S2. The van der Waals surface area contributed by atoms with Crippen LogP contribution in [0.3, 0.4) is 0 Å². The fraction of sp³-hybridized carbons (Fsp3) is 0.750. The molecule has 1 N–H and O–H groups in total. The lowest BCUT2D eigenvalue weighted by Gasteiger charge is -2.16. The Labute approximate surface area is 113 Å². The lowest BCUT2D eigenvalue weighted by molar-refractivity contribution is 0.690. The molecule has 1 heterocycles. The normalized spacial score (nSPS) is 12.7. The minimum atomic E-state index is 0.671. The van der Waals surface area contributed by atoms with Gasteiger partial charge in [0.25, 0.3) is 0 Å². The third kappa shape index (κ3) is 4.85. The first-order valence-electron chi connectivity index (χ1n) is 6.14. The minimum Gasteiger partial charge on any atom is -0.349 e. The van der Waals surface area contributed by atoms with Crippen LogP contribution in [0.2, 0.25) is 0 Å². The monoisotopic (exact) mass is 273 g/mol. The summed E-state index contributed by atoms with van der Waals surface area (Å²) < 4.78 is 0. The average Bonchev–Trinajstić information content (AvgIpc) is 2.79. The third-order valence-corrected chi connectivity index (χ3v) is 4.74. The molecule has 0 aliphatic carbocycles. The van der Waals surface area contributed by atoms with Crippen molar-refractivity contribution in [3.05, 3.63) is 11.1 Å². The summed E-state index contributed by atoms with van der Waals surface area (Å²) in [5.41, 5.74) is 0. The van der Waals surface area contributed by atoms with Crippen molar-refractivity contribution in [1.29, 1.82) is 0 Å². The number of rotatable bonds is 8. The molecule has 1 aromatic rings. The standard InChI is InChI=1S/C12H23N3S2/c1-5-15(6-2)12-14-9-11(17-12)8-13-7-10(3)16-4/h9-10,13H,5-8H2,1-4H3. The molecule has 1 aromatic heterocycles. The topological polar surface area (TPSA) is 28.2 Å². The first kappa shape index (κ1) is 14.8. The molecule has 0 saturated carbocycles. The molecule has 0 aliphatic heterocycles. The Balaban J connectivity index is 2.40. The van der Waals surface area contributed by atoms with Gasteiger partial charge in [-0.1, -0.05) is 6.92 Å². The Morgan fingerprint density at radius 1 is 1.47 bits per heavy atom. The first-order chi connectivity index (χ1) is 8.21. The predicted molar refractivity (Wildman–Crippen MR) is 80.4 cm³/mol. The van der Waals surface area contributed by atoms with Crippen molar-refractivity contribution >= 4 is 28.2 Å². The summed E-state index contributed by atoms with van der Waals surface area (Å²) in [6, 6.07) is 0. The second kappa shape index (κ2) is 7.95. The third-order valence-electron chi connectivity index (χ3n) is 2.71. The van der Waals surface area contributed by atoms with Crippen molar-refractivity contribution < 1.29 is 0 Å². The van der Waals surface area contributed by atoms with Crippen molar-refractivity contribution in [2.75, 3.05) is 30.8 Å². The highest BCUT2D eigenvalue weighted by Gasteiger charge is 2.07. The van der Waals surface area contributed by atoms with Crippen LogP contribution in [0.15, 0.2) is 6.20 Å². The van der Waals surface area contributed by atoms with Crippen LogP contribution in [0.4, 0.5) is 5.13 Å². The Bertz CT molecular complexity index is 310. The largest absolute Gasteiger partial charge is 0.349 e. The van der Waals surface area contributed by atoms with Crippen LogP contribution in [-0.2, 0) is 6.54 Å². The molecule has 0 aliphatic rings. The van der Waals surface area contributed by atoms with Gasteiger partial charge in [0.2, 0.25) is 0 Å². The summed E-state index contributed by atoms with van der Waals surface area (Å²) in [5.74, 6) is 0. The highest BCUT2D eigenvalue weighted by atomic mass is 32.2. The number of hydrogen-bond acceptors (Lipinski definition) is 5. The van der Waals surface area contributed by atoms with Crippen LogP contribution in [0, 0.1) is 0 Å². The van der Waals surface area contributed by atoms with Gasteiger partial charge < -0.3 is 10.2 Å². The summed E-state index contributed by atoms with van der Waals surface area (Å²) in [7, 11) is 0. The highest BCUT2D eigenvalue weighted by Crippen LogP contribution is 2.22. The second-order valence-corrected chi connectivity index (χ2v) is 6.33. The van der Waals surface area contributed by atoms with Gasteiger partial charge in [-0.05, 0) is 20.1 Å². The van der Waals surface area contributed by atoms with E-state index < -0.39 is 0 Å². The molecule has 0 amide bonds. The van der Waals surface area contributed by atoms with E-state index in [0.29, 0.717) is 5.25 Å². The number of nitrogens with one attached hydrogen (secondary N) is 1. The van der Waals surface area contributed by atoms with Gasteiger partial charge in [0.15, 0.2) is 5.13 Å². The van der Waals surface area contributed by atoms with Gasteiger partial charge in [-0.3, -0.25) is 0 Å². The van der Waals surface area contributed by atoms with E-state index in [4.69, 9.17) is 0 Å². The Morgan fingerprint density at radius 2 is 2.18 bits per heavy atom. The number of hydrogen-bond donors (Lipinski definition) is 1. The smallest absolute Gasteiger partial charge is 0.185 e. The maximum Gasteiger partial charge on any atom is 0.185 e. The molecule has 5 heteroatoms. The maximum atomic E-state index is 4.48. The van der Waals surface area contributed by atoms with Crippen molar-refractivity contribution in [1.82, 2.24) is 10.3 Å². The van der Waals surface area contributed by atoms with E-state index in [9.17, 15) is 0 Å². The van der Waals surface area contributed by atoms with Crippen LogP contribution in [0.25, 0.3) is 0 Å². The van der Waals surface area contributed by atoms with Crippen LogP contribution in [0.1, 0.15) is 25.6 Å². The molecule has 0 saturated heterocycles. The average molecular weight is 273 g/mol. The Hall–Kier alpha value is -0.260. The van der Waals surface area contributed by atoms with Crippen molar-refractivity contribution in [3.8, 4) is 0 Å². The maximum absolute atomic E-state index is 4.48. The predicted octanol–water partition coefficient (Wildman–Crippen LogP) is 2.83. The zero-order chi connectivity index (χ0) is 12.7. The number of nitrogens with zero attached hydrogens (tertiary/aromatic N) is 2. The van der Waals surface area contributed by atoms with E-state index in [0.717, 1.165) is 31.3 Å². The molecule has 0 spiro atoms. The lowest BCUT2D eigenvalue weighted by atomic mass is 10.4. The van der Waals surface area contributed by atoms with Crippen LogP contribution in [-0.4, -0.2) is 36.1 Å². The van der Waals surface area contributed by atoms with Gasteiger partial charge in [-0.25, -0.2) is 4.98 Å². The molecule has 0 fully saturated rings. The number of thiazole rings is 1. The molecule has 1 unspecified atom stereocenters. The van der Waals surface area contributed by atoms with Gasteiger partial charge in [0.1, 0.15) is 0 Å². The number of aromatic nitrogens is 1.